The van der Waals surface area contributed by atoms with Gasteiger partial charge in [-0.05, 0) is 32.1 Å². The predicted molar refractivity (Wildman–Crippen MR) is 83.6 cm³/mol. The van der Waals surface area contributed by atoms with Gasteiger partial charge in [-0.25, -0.2) is 13.4 Å². The first-order chi connectivity index (χ1) is 9.91. The van der Waals surface area contributed by atoms with Crippen LogP contribution >= 0.6 is 11.6 Å². The molecule has 1 atom stereocenters. The Morgan fingerprint density at radius 1 is 1.43 bits per heavy atom. The fraction of sp³-hybridized carbons (Fsp3) is 0.500. The van der Waals surface area contributed by atoms with Crippen LogP contribution < -0.4 is 0 Å². The van der Waals surface area contributed by atoms with E-state index in [1.807, 2.05) is 6.07 Å². The number of aromatic nitrogens is 2. The first kappa shape index (κ1) is 14.8. The van der Waals surface area contributed by atoms with Crippen LogP contribution in [0.1, 0.15) is 18.3 Å². The summed E-state index contributed by atoms with van der Waals surface area (Å²) in [6.45, 7) is 1.95. The molecule has 114 valence electrons. The molecule has 1 unspecified atom stereocenters. The van der Waals surface area contributed by atoms with Crippen LogP contribution in [0.25, 0.3) is 11.0 Å². The monoisotopic (exact) mass is 327 g/mol. The molecule has 0 bridgehead atoms. The summed E-state index contributed by atoms with van der Waals surface area (Å²) in [4.78, 5) is 7.03. The van der Waals surface area contributed by atoms with Gasteiger partial charge in [-0.2, -0.15) is 0 Å². The molecule has 1 aliphatic rings. The fourth-order valence-corrected chi connectivity index (χ4v) is 4.08. The zero-order valence-electron chi connectivity index (χ0n) is 12.1. The molecule has 0 saturated carbocycles. The number of hydrogen-bond acceptors (Lipinski definition) is 4. The van der Waals surface area contributed by atoms with Crippen molar-refractivity contribution in [3.63, 3.8) is 0 Å². The smallest absolute Gasteiger partial charge is 0.177 e. The lowest BCUT2D eigenvalue weighted by Crippen LogP contribution is -2.17. The molecule has 1 aliphatic heterocycles. The fourth-order valence-electron chi connectivity index (χ4n) is 3.06. The van der Waals surface area contributed by atoms with Crippen molar-refractivity contribution in [2.24, 2.45) is 0 Å². The number of para-hydroxylation sites is 1. The van der Waals surface area contributed by atoms with Gasteiger partial charge in [-0.1, -0.05) is 6.07 Å². The zero-order valence-corrected chi connectivity index (χ0v) is 13.7. The van der Waals surface area contributed by atoms with Gasteiger partial charge in [-0.3, -0.25) is 0 Å². The Hall–Kier alpha value is -1.11. The Morgan fingerprint density at radius 3 is 2.76 bits per heavy atom. The molecule has 0 N–H and O–H groups in total. The molecule has 3 rings (SSSR count). The van der Waals surface area contributed by atoms with Crippen molar-refractivity contribution < 1.29 is 8.42 Å². The summed E-state index contributed by atoms with van der Waals surface area (Å²) in [7, 11) is -1.22. The molecule has 2 heterocycles. The van der Waals surface area contributed by atoms with Crippen LogP contribution in [0.3, 0.4) is 0 Å². The number of sulfone groups is 1. The third kappa shape index (κ3) is 2.56. The van der Waals surface area contributed by atoms with Crippen molar-refractivity contribution in [2.45, 2.75) is 23.2 Å². The maximum Gasteiger partial charge on any atom is 0.177 e. The SMILES string of the molecule is CN1CCC(n2c(CCl)nc3c(S(C)(=O)=O)cccc32)C1. The highest BCUT2D eigenvalue weighted by Gasteiger charge is 2.26. The summed E-state index contributed by atoms with van der Waals surface area (Å²) in [5.41, 5.74) is 1.39. The Balaban J connectivity index is 2.25. The molecule has 0 spiro atoms. The minimum absolute atomic E-state index is 0.275. The normalized spacial score (nSPS) is 20.4. The number of benzene rings is 1. The van der Waals surface area contributed by atoms with Crippen LogP contribution in [-0.2, 0) is 15.7 Å². The number of nitrogens with zero attached hydrogens (tertiary/aromatic N) is 3. The molecule has 5 nitrogen and oxygen atoms in total. The van der Waals surface area contributed by atoms with E-state index < -0.39 is 9.84 Å². The number of fused-ring (bicyclic) bond motifs is 1. The number of alkyl halides is 1. The van der Waals surface area contributed by atoms with Crippen LogP contribution in [-0.4, -0.2) is 49.3 Å². The lowest BCUT2D eigenvalue weighted by atomic mass is 10.2. The largest absolute Gasteiger partial charge is 0.322 e. The van der Waals surface area contributed by atoms with Crippen molar-refractivity contribution in [1.82, 2.24) is 14.5 Å². The molecule has 0 aliphatic carbocycles. The number of rotatable bonds is 3. The van der Waals surface area contributed by atoms with E-state index in [1.54, 1.807) is 12.1 Å². The first-order valence-corrected chi connectivity index (χ1v) is 9.29. The Kier molecular flexibility index (Phi) is 3.71. The lowest BCUT2D eigenvalue weighted by Gasteiger charge is -2.16. The van der Waals surface area contributed by atoms with Gasteiger partial charge in [0.05, 0.1) is 16.3 Å². The zero-order chi connectivity index (χ0) is 15.2. The van der Waals surface area contributed by atoms with Crippen molar-refractivity contribution >= 4 is 32.5 Å². The van der Waals surface area contributed by atoms with E-state index >= 15 is 0 Å². The van der Waals surface area contributed by atoms with Crippen molar-refractivity contribution in [1.29, 1.82) is 0 Å². The maximum absolute atomic E-state index is 11.9. The molecule has 0 radical (unpaired) electrons. The van der Waals surface area contributed by atoms with Gasteiger partial charge < -0.3 is 9.47 Å². The van der Waals surface area contributed by atoms with Crippen LogP contribution in [0.4, 0.5) is 0 Å². The first-order valence-electron chi connectivity index (χ1n) is 6.86. The Bertz CT molecular complexity index is 785. The molecule has 0 amide bonds. The van der Waals surface area contributed by atoms with Crippen LogP contribution in [0.5, 0.6) is 0 Å². The maximum atomic E-state index is 11.9. The van der Waals surface area contributed by atoms with E-state index in [1.165, 1.54) is 6.26 Å². The van der Waals surface area contributed by atoms with Gasteiger partial charge in [0.2, 0.25) is 0 Å². The lowest BCUT2D eigenvalue weighted by molar-refractivity contribution is 0.393. The molecule has 21 heavy (non-hydrogen) atoms. The highest BCUT2D eigenvalue weighted by molar-refractivity contribution is 7.91. The van der Waals surface area contributed by atoms with E-state index in [9.17, 15) is 8.42 Å². The molecule has 1 aromatic carbocycles. The second kappa shape index (κ2) is 5.26. The Labute approximate surface area is 129 Å². The molecule has 2 aromatic rings. The topological polar surface area (TPSA) is 55.2 Å². The van der Waals surface area contributed by atoms with Gasteiger partial charge in [-0.15, -0.1) is 11.6 Å². The minimum Gasteiger partial charge on any atom is -0.322 e. The molecule has 1 saturated heterocycles. The standard InChI is InChI=1S/C14H18ClN3O2S/c1-17-7-6-10(9-17)18-11-4-3-5-12(21(2,19)20)14(11)16-13(18)8-15/h3-5,10H,6-9H2,1-2H3. The van der Waals surface area contributed by atoms with Gasteiger partial charge in [0.1, 0.15) is 11.3 Å². The average Bonchev–Trinajstić information content (AvgIpc) is 2.99. The summed E-state index contributed by atoms with van der Waals surface area (Å²) in [5, 5.41) is 0. The van der Waals surface area contributed by atoms with Crippen molar-refractivity contribution in [3.05, 3.63) is 24.0 Å². The van der Waals surface area contributed by atoms with E-state index in [0.717, 1.165) is 30.9 Å². The second-order valence-corrected chi connectivity index (χ2v) is 7.88. The number of imidazole rings is 1. The predicted octanol–water partition coefficient (Wildman–Crippen LogP) is 2.06. The van der Waals surface area contributed by atoms with E-state index in [4.69, 9.17) is 11.6 Å². The quantitative estimate of drug-likeness (QED) is 0.810. The van der Waals surface area contributed by atoms with E-state index in [-0.39, 0.29) is 10.8 Å². The Morgan fingerprint density at radius 2 is 2.19 bits per heavy atom. The van der Waals surface area contributed by atoms with E-state index in [2.05, 4.69) is 21.5 Å². The molecule has 1 fully saturated rings. The van der Waals surface area contributed by atoms with Crippen molar-refractivity contribution in [3.8, 4) is 0 Å². The minimum atomic E-state index is -3.30. The summed E-state index contributed by atoms with van der Waals surface area (Å²) < 4.78 is 26.0. The van der Waals surface area contributed by atoms with Crippen LogP contribution in [0.15, 0.2) is 23.1 Å². The third-order valence-electron chi connectivity index (χ3n) is 4.01. The number of halogens is 1. The van der Waals surface area contributed by atoms with Crippen LogP contribution in [0.2, 0.25) is 0 Å². The van der Waals surface area contributed by atoms with Gasteiger partial charge >= 0.3 is 0 Å². The van der Waals surface area contributed by atoms with Gasteiger partial charge in [0.15, 0.2) is 9.84 Å². The molecule has 1 aromatic heterocycles. The highest BCUT2D eigenvalue weighted by atomic mass is 35.5. The van der Waals surface area contributed by atoms with E-state index in [0.29, 0.717) is 11.6 Å². The van der Waals surface area contributed by atoms with Gasteiger partial charge in [0, 0.05) is 18.8 Å². The molecular weight excluding hydrogens is 310 g/mol. The summed E-state index contributed by atoms with van der Waals surface area (Å²) in [6.07, 6.45) is 2.24. The summed E-state index contributed by atoms with van der Waals surface area (Å²) in [6, 6.07) is 5.59. The second-order valence-electron chi connectivity index (χ2n) is 5.63. The van der Waals surface area contributed by atoms with Gasteiger partial charge in [0.25, 0.3) is 0 Å². The number of hydrogen-bond donors (Lipinski definition) is 0. The molecular formula is C14H18ClN3O2S. The number of likely N-dealkylation sites (tertiary alicyclic amines) is 1. The molecule has 7 heteroatoms. The van der Waals surface area contributed by atoms with Crippen LogP contribution in [0, 0.1) is 0 Å². The third-order valence-corrected chi connectivity index (χ3v) is 5.37. The summed E-state index contributed by atoms with van der Waals surface area (Å²) in [5.74, 6) is 1.01. The van der Waals surface area contributed by atoms with Crippen molar-refractivity contribution in [2.75, 3.05) is 26.4 Å². The average molecular weight is 328 g/mol. The number of likely N-dealkylation sites (N-methyl/N-ethyl adjacent to an activating group) is 1. The highest BCUT2D eigenvalue weighted by Crippen LogP contribution is 2.31. The summed E-state index contributed by atoms with van der Waals surface area (Å²) >= 11 is 6.04.